The van der Waals surface area contributed by atoms with Crippen LogP contribution in [0.3, 0.4) is 0 Å². The van der Waals surface area contributed by atoms with Gasteiger partial charge in [0.05, 0.1) is 30.4 Å². The number of amides is 2. The number of aryl methyl sites for hydroxylation is 1. The van der Waals surface area contributed by atoms with E-state index in [0.717, 1.165) is 22.1 Å². The Hall–Kier alpha value is -4.42. The zero-order valence-corrected chi connectivity index (χ0v) is 26.4. The maximum Gasteiger partial charge on any atom is 0.387 e. The number of nitrogens with two attached hydrogens (primary N) is 1. The first kappa shape index (κ1) is 35.1. The fraction of sp³-hybridized carbons (Fsp3) is 0.233. The molecular formula is C30H32F3N6O4PS. The molecule has 238 valence electrons. The second-order valence-corrected chi connectivity index (χ2v) is 10.6. The summed E-state index contributed by atoms with van der Waals surface area (Å²) in [6.07, 6.45) is 2.01. The van der Waals surface area contributed by atoms with Crippen LogP contribution in [0.1, 0.15) is 17.5 Å². The molecule has 1 aliphatic rings. The number of rotatable bonds is 12. The number of anilines is 2. The van der Waals surface area contributed by atoms with E-state index in [1.807, 2.05) is 38.2 Å². The predicted molar refractivity (Wildman–Crippen MR) is 178 cm³/mol. The van der Waals surface area contributed by atoms with Gasteiger partial charge in [-0.1, -0.05) is 17.8 Å². The summed E-state index contributed by atoms with van der Waals surface area (Å²) in [6, 6.07) is 16.9. The summed E-state index contributed by atoms with van der Waals surface area (Å²) in [7, 11) is 4.46. The molecule has 0 aliphatic carbocycles. The van der Waals surface area contributed by atoms with E-state index in [4.69, 9.17) is 10.5 Å². The second kappa shape index (κ2) is 17.8. The molecule has 1 unspecified atom stereocenters. The van der Waals surface area contributed by atoms with Crippen LogP contribution >= 0.6 is 21.0 Å². The summed E-state index contributed by atoms with van der Waals surface area (Å²) in [5.74, 6) is 0.933. The number of nitrogens with one attached hydrogen (secondary N) is 1. The summed E-state index contributed by atoms with van der Waals surface area (Å²) in [5.41, 5.74) is 9.70. The first-order chi connectivity index (χ1) is 21.7. The van der Waals surface area contributed by atoms with Crippen LogP contribution < -0.4 is 30.7 Å². The van der Waals surface area contributed by atoms with Crippen LogP contribution in [0.5, 0.6) is 11.5 Å². The van der Waals surface area contributed by atoms with Gasteiger partial charge in [0.15, 0.2) is 5.17 Å². The largest absolute Gasteiger partial charge is 0.491 e. The number of carbonyl (C=O) groups is 2. The molecule has 1 heterocycles. The van der Waals surface area contributed by atoms with Crippen molar-refractivity contribution in [3.05, 3.63) is 71.8 Å². The SMILES string of the molecule is CNc1ccc(C(N)=NC=Nc2ccc(OC(F)F)cc2)cc1P.Cc1ccc(OCCCF)c(N2C(=O)CSC2=NC=O)c1. The van der Waals surface area contributed by atoms with Gasteiger partial charge < -0.3 is 20.5 Å². The van der Waals surface area contributed by atoms with Gasteiger partial charge in [0.25, 0.3) is 0 Å². The van der Waals surface area contributed by atoms with Crippen LogP contribution in [0.2, 0.25) is 0 Å². The standard InChI is InChI=1S/C16H17F2N4OP.C14H15FN2O3S/c1-20-13-7-2-10(8-14(13)24)15(19)22-9-21-11-3-5-12(6-4-11)23-16(17)18;1-10-3-4-12(20-6-2-5-15)11(7-10)17-13(19)8-21-14(17)16-9-18/h2-9,16,20H,24H2,1H3,(H2,19,21,22);3-4,7,9H,2,5-6,8H2,1H3. The molecule has 2 amide bonds. The molecule has 0 saturated carbocycles. The Morgan fingerprint density at radius 3 is 2.58 bits per heavy atom. The van der Waals surface area contributed by atoms with Gasteiger partial charge in [-0.15, -0.1) is 9.24 Å². The summed E-state index contributed by atoms with van der Waals surface area (Å²) in [6.45, 7) is -1.20. The lowest BCUT2D eigenvalue weighted by atomic mass is 10.2. The summed E-state index contributed by atoms with van der Waals surface area (Å²) in [5, 5.41) is 4.36. The van der Waals surface area contributed by atoms with Gasteiger partial charge >= 0.3 is 6.61 Å². The zero-order chi connectivity index (χ0) is 32.8. The Kier molecular flexibility index (Phi) is 13.8. The molecule has 0 radical (unpaired) electrons. The molecule has 3 N–H and O–H groups in total. The number of thioether (sulfide) groups is 1. The summed E-state index contributed by atoms with van der Waals surface area (Å²) >= 11 is 1.20. The molecule has 0 bridgehead atoms. The second-order valence-electron chi connectivity index (χ2n) is 9.08. The Balaban J connectivity index is 0.000000248. The minimum absolute atomic E-state index is 0.0737. The van der Waals surface area contributed by atoms with Gasteiger partial charge in [-0.3, -0.25) is 18.9 Å². The Bertz CT molecular complexity index is 1560. The monoisotopic (exact) mass is 660 g/mol. The molecule has 4 rings (SSSR count). The molecule has 0 aromatic heterocycles. The van der Waals surface area contributed by atoms with Crippen molar-refractivity contribution < 1.29 is 32.2 Å². The third-order valence-corrected chi connectivity index (χ3v) is 7.32. The number of ether oxygens (including phenoxy) is 2. The van der Waals surface area contributed by atoms with E-state index in [0.29, 0.717) is 34.5 Å². The fourth-order valence-electron chi connectivity index (χ4n) is 3.80. The molecule has 0 spiro atoms. The van der Waals surface area contributed by atoms with Crippen LogP contribution in [0.15, 0.2) is 75.6 Å². The molecule has 10 nitrogen and oxygen atoms in total. The van der Waals surface area contributed by atoms with E-state index in [9.17, 15) is 22.8 Å². The smallest absolute Gasteiger partial charge is 0.387 e. The number of hydrogen-bond acceptors (Lipinski definition) is 7. The molecule has 15 heteroatoms. The van der Waals surface area contributed by atoms with Gasteiger partial charge in [-0.25, -0.2) is 9.98 Å². The van der Waals surface area contributed by atoms with E-state index >= 15 is 0 Å². The average molecular weight is 661 g/mol. The molecular weight excluding hydrogens is 628 g/mol. The van der Waals surface area contributed by atoms with Gasteiger partial charge in [0, 0.05) is 24.7 Å². The number of benzene rings is 3. The van der Waals surface area contributed by atoms with Crippen molar-refractivity contribution in [1.82, 2.24) is 0 Å². The quantitative estimate of drug-likeness (QED) is 0.0896. The van der Waals surface area contributed by atoms with E-state index in [-0.39, 0.29) is 30.4 Å². The van der Waals surface area contributed by atoms with Crippen molar-refractivity contribution in [2.75, 3.05) is 36.3 Å². The number of halogens is 3. The van der Waals surface area contributed by atoms with Crippen molar-refractivity contribution in [2.24, 2.45) is 20.7 Å². The number of aliphatic imine (C=N–C) groups is 3. The van der Waals surface area contributed by atoms with Crippen molar-refractivity contribution in [3.63, 3.8) is 0 Å². The highest BCUT2D eigenvalue weighted by Gasteiger charge is 2.31. The van der Waals surface area contributed by atoms with Crippen LogP contribution in [0.25, 0.3) is 0 Å². The lowest BCUT2D eigenvalue weighted by Crippen LogP contribution is -2.30. The average Bonchev–Trinajstić information content (AvgIpc) is 3.38. The zero-order valence-electron chi connectivity index (χ0n) is 24.5. The Labute approximate surface area is 265 Å². The molecule has 1 saturated heterocycles. The lowest BCUT2D eigenvalue weighted by Gasteiger charge is -2.20. The minimum atomic E-state index is -2.85. The molecule has 3 aromatic carbocycles. The first-order valence-electron chi connectivity index (χ1n) is 13.4. The highest BCUT2D eigenvalue weighted by atomic mass is 32.2. The number of carbonyl (C=O) groups excluding carboxylic acids is 2. The van der Waals surface area contributed by atoms with E-state index in [2.05, 4.69) is 34.3 Å². The van der Waals surface area contributed by atoms with Crippen molar-refractivity contribution in [3.8, 4) is 11.5 Å². The van der Waals surface area contributed by atoms with Crippen molar-refractivity contribution in [1.29, 1.82) is 0 Å². The first-order valence-corrected chi connectivity index (χ1v) is 15.0. The van der Waals surface area contributed by atoms with Gasteiger partial charge in [-0.2, -0.15) is 13.8 Å². The Morgan fingerprint density at radius 2 is 1.93 bits per heavy atom. The highest BCUT2D eigenvalue weighted by Crippen LogP contribution is 2.35. The third-order valence-electron chi connectivity index (χ3n) is 5.90. The number of hydrogen-bond donors (Lipinski definition) is 2. The third kappa shape index (κ3) is 10.6. The van der Waals surface area contributed by atoms with Crippen LogP contribution in [-0.4, -0.2) is 62.4 Å². The molecule has 45 heavy (non-hydrogen) atoms. The fourth-order valence-corrected chi connectivity index (χ4v) is 5.04. The van der Waals surface area contributed by atoms with Crippen LogP contribution in [0.4, 0.5) is 30.2 Å². The Morgan fingerprint density at radius 1 is 1.18 bits per heavy atom. The number of nitrogens with zero attached hydrogens (tertiary/aromatic N) is 4. The van der Waals surface area contributed by atoms with Crippen LogP contribution in [0, 0.1) is 6.92 Å². The van der Waals surface area contributed by atoms with Crippen molar-refractivity contribution >= 4 is 73.0 Å². The number of alkyl halides is 3. The lowest BCUT2D eigenvalue weighted by molar-refractivity contribution is -0.115. The molecule has 1 atom stereocenters. The number of amidine groups is 2. The van der Waals surface area contributed by atoms with Crippen LogP contribution in [-0.2, 0) is 9.59 Å². The van der Waals surface area contributed by atoms with E-state index in [1.54, 1.807) is 24.3 Å². The van der Waals surface area contributed by atoms with Crippen molar-refractivity contribution in [2.45, 2.75) is 20.0 Å². The van der Waals surface area contributed by atoms with Gasteiger partial charge in [0.2, 0.25) is 12.3 Å². The summed E-state index contributed by atoms with van der Waals surface area (Å²) < 4.78 is 46.1. The van der Waals surface area contributed by atoms with E-state index < -0.39 is 13.3 Å². The maximum atomic E-state index is 12.2. The molecule has 1 fully saturated rings. The van der Waals surface area contributed by atoms with Gasteiger partial charge in [0.1, 0.15) is 23.7 Å². The predicted octanol–water partition coefficient (Wildman–Crippen LogP) is 5.22. The minimum Gasteiger partial charge on any atom is -0.491 e. The summed E-state index contributed by atoms with van der Waals surface area (Å²) in [4.78, 5) is 35.9. The topological polar surface area (TPSA) is 131 Å². The normalized spacial score (nSPS) is 14.1. The van der Waals surface area contributed by atoms with E-state index in [1.165, 1.54) is 35.1 Å². The highest BCUT2D eigenvalue weighted by molar-refractivity contribution is 8.15. The maximum absolute atomic E-state index is 12.2. The molecule has 1 aliphatic heterocycles. The van der Waals surface area contributed by atoms with Gasteiger partial charge in [-0.05, 0) is 72.4 Å². The molecule has 3 aromatic rings.